The molecule has 14 heteroatoms. The summed E-state index contributed by atoms with van der Waals surface area (Å²) in [5.41, 5.74) is 2.06. The third-order valence-corrected chi connectivity index (χ3v) is 4.92. The normalized spacial score (nSPS) is 19.3. The number of rotatable bonds is 2. The molecule has 1 aromatic heterocycles. The Kier molecular flexibility index (Phi) is 8.79. The molecule has 34 heavy (non-hydrogen) atoms. The molecule has 2 aliphatic heterocycles. The molecule has 2 aromatic rings. The van der Waals surface area contributed by atoms with Gasteiger partial charge in [0.05, 0.1) is 5.69 Å². The van der Waals surface area contributed by atoms with E-state index >= 15 is 0 Å². The topological polar surface area (TPSA) is 116 Å². The van der Waals surface area contributed by atoms with Crippen LogP contribution >= 0.6 is 0 Å². The van der Waals surface area contributed by atoms with Gasteiger partial charge in [-0.1, -0.05) is 30.3 Å². The van der Waals surface area contributed by atoms with Crippen LogP contribution in [0, 0.1) is 11.8 Å². The van der Waals surface area contributed by atoms with Gasteiger partial charge in [-0.05, 0) is 24.0 Å². The van der Waals surface area contributed by atoms with Crippen LogP contribution in [0.4, 0.5) is 32.2 Å². The lowest BCUT2D eigenvalue weighted by Crippen LogP contribution is -2.26. The average Bonchev–Trinajstić information content (AvgIpc) is 3.36. The van der Waals surface area contributed by atoms with Gasteiger partial charge in [-0.15, -0.1) is 10.2 Å². The fraction of sp³-hybridized carbons (Fsp3) is 0.400. The lowest BCUT2D eigenvalue weighted by molar-refractivity contribution is -0.193. The highest BCUT2D eigenvalue weighted by Gasteiger charge is 2.39. The summed E-state index contributed by atoms with van der Waals surface area (Å²) >= 11 is 0. The SMILES string of the molecule is O=C(O)C(F)(F)F.O=C(O)C(F)(F)F.c1ccc(-c2ccc(N3C[C@H]4CNC[C@H]4C3)nn2)cc1. The molecule has 8 nitrogen and oxygen atoms in total. The zero-order valence-corrected chi connectivity index (χ0v) is 17.3. The maximum absolute atomic E-state index is 10.6. The molecule has 0 radical (unpaired) electrons. The van der Waals surface area contributed by atoms with E-state index in [0.717, 1.165) is 55.1 Å². The quantitative estimate of drug-likeness (QED) is 0.546. The van der Waals surface area contributed by atoms with E-state index in [0.29, 0.717) is 0 Å². The molecule has 2 aliphatic rings. The number of anilines is 1. The molecular formula is C20H20F6N4O4. The predicted octanol–water partition coefficient (Wildman–Crippen LogP) is 3.07. The van der Waals surface area contributed by atoms with Gasteiger partial charge in [0, 0.05) is 31.7 Å². The summed E-state index contributed by atoms with van der Waals surface area (Å²) in [6.07, 6.45) is -10.2. The standard InChI is InChI=1S/C16H18N4.2C2HF3O2/c1-2-4-12(5-3-1)15-6-7-16(19-18-15)20-10-13-8-17-9-14(13)11-20;2*3-2(4,5)1(6)7/h1-7,13-14,17H,8-11H2;2*(H,6,7)/t13-,14+;;. The monoisotopic (exact) mass is 494 g/mol. The van der Waals surface area contributed by atoms with Gasteiger partial charge in [-0.3, -0.25) is 0 Å². The first-order chi connectivity index (χ1) is 15.8. The van der Waals surface area contributed by atoms with E-state index in [1.54, 1.807) is 0 Å². The number of aliphatic carboxylic acids is 2. The summed E-state index contributed by atoms with van der Waals surface area (Å²) in [4.78, 5) is 20.2. The van der Waals surface area contributed by atoms with E-state index in [2.05, 4.69) is 44.7 Å². The zero-order valence-electron chi connectivity index (χ0n) is 17.3. The molecule has 0 unspecified atom stereocenters. The van der Waals surface area contributed by atoms with E-state index < -0.39 is 24.3 Å². The first kappa shape index (κ1) is 26.8. The van der Waals surface area contributed by atoms with Crippen LogP contribution in [-0.2, 0) is 9.59 Å². The third-order valence-electron chi connectivity index (χ3n) is 4.92. The second-order valence-electron chi connectivity index (χ2n) is 7.33. The largest absolute Gasteiger partial charge is 0.490 e. The van der Waals surface area contributed by atoms with Crippen LogP contribution in [0.25, 0.3) is 11.3 Å². The highest BCUT2D eigenvalue weighted by Crippen LogP contribution is 2.29. The lowest BCUT2D eigenvalue weighted by atomic mass is 10.0. The van der Waals surface area contributed by atoms with Crippen molar-refractivity contribution in [2.45, 2.75) is 12.4 Å². The number of alkyl halides is 6. The molecule has 0 amide bonds. The van der Waals surface area contributed by atoms with Crippen molar-refractivity contribution in [1.29, 1.82) is 0 Å². The maximum atomic E-state index is 10.6. The van der Waals surface area contributed by atoms with Crippen molar-refractivity contribution in [2.75, 3.05) is 31.1 Å². The Morgan fingerprint density at radius 2 is 1.29 bits per heavy atom. The molecule has 186 valence electrons. The van der Waals surface area contributed by atoms with Gasteiger partial charge in [0.1, 0.15) is 0 Å². The number of nitrogens with zero attached hydrogens (tertiary/aromatic N) is 3. The van der Waals surface area contributed by atoms with Crippen LogP contribution in [0.15, 0.2) is 42.5 Å². The number of carboxylic acid groups (broad SMARTS) is 2. The van der Waals surface area contributed by atoms with Gasteiger partial charge >= 0.3 is 24.3 Å². The Morgan fingerprint density at radius 1 is 0.824 bits per heavy atom. The van der Waals surface area contributed by atoms with Crippen molar-refractivity contribution in [3.63, 3.8) is 0 Å². The molecule has 2 fully saturated rings. The van der Waals surface area contributed by atoms with Gasteiger partial charge < -0.3 is 20.4 Å². The second kappa shape index (κ2) is 11.1. The highest BCUT2D eigenvalue weighted by molar-refractivity contribution is 5.73. The van der Waals surface area contributed by atoms with E-state index in [-0.39, 0.29) is 0 Å². The Bertz CT molecular complexity index is 918. The average molecular weight is 494 g/mol. The van der Waals surface area contributed by atoms with Crippen LogP contribution < -0.4 is 10.2 Å². The van der Waals surface area contributed by atoms with Crippen LogP contribution in [0.2, 0.25) is 0 Å². The molecule has 2 saturated heterocycles. The van der Waals surface area contributed by atoms with Gasteiger partial charge in [0.25, 0.3) is 0 Å². The summed E-state index contributed by atoms with van der Waals surface area (Å²) < 4.78 is 63.5. The van der Waals surface area contributed by atoms with E-state index in [9.17, 15) is 26.3 Å². The molecular weight excluding hydrogens is 474 g/mol. The molecule has 1 aromatic carbocycles. The molecule has 0 bridgehead atoms. The van der Waals surface area contributed by atoms with Gasteiger partial charge in [-0.2, -0.15) is 26.3 Å². The molecule has 0 saturated carbocycles. The molecule has 0 spiro atoms. The van der Waals surface area contributed by atoms with Gasteiger partial charge in [0.2, 0.25) is 0 Å². The molecule has 3 heterocycles. The van der Waals surface area contributed by atoms with Crippen molar-refractivity contribution in [3.8, 4) is 11.3 Å². The summed E-state index contributed by atoms with van der Waals surface area (Å²) in [7, 11) is 0. The number of nitrogens with one attached hydrogen (secondary N) is 1. The third kappa shape index (κ3) is 7.86. The zero-order chi connectivity index (χ0) is 25.5. The van der Waals surface area contributed by atoms with E-state index in [1.807, 2.05) is 18.2 Å². The highest BCUT2D eigenvalue weighted by atomic mass is 19.4. The predicted molar refractivity (Wildman–Crippen MR) is 107 cm³/mol. The first-order valence-corrected chi connectivity index (χ1v) is 9.74. The van der Waals surface area contributed by atoms with Crippen molar-refractivity contribution >= 4 is 17.8 Å². The summed E-state index contributed by atoms with van der Waals surface area (Å²) in [5, 5.41) is 26.5. The fourth-order valence-corrected chi connectivity index (χ4v) is 3.30. The number of carboxylic acids is 2. The fourth-order valence-electron chi connectivity index (χ4n) is 3.30. The Hall–Kier alpha value is -3.42. The maximum Gasteiger partial charge on any atom is 0.490 e. The minimum atomic E-state index is -5.08. The molecule has 3 N–H and O–H groups in total. The Morgan fingerprint density at radius 3 is 1.68 bits per heavy atom. The Labute approximate surface area is 189 Å². The Balaban J connectivity index is 0.000000244. The minimum absolute atomic E-state index is 0.783. The summed E-state index contributed by atoms with van der Waals surface area (Å²) in [6, 6.07) is 14.4. The summed E-state index contributed by atoms with van der Waals surface area (Å²) in [5.74, 6) is -2.93. The number of fused-ring (bicyclic) bond motifs is 1. The summed E-state index contributed by atoms with van der Waals surface area (Å²) in [6.45, 7) is 4.52. The molecule has 0 aliphatic carbocycles. The van der Waals surface area contributed by atoms with Crippen molar-refractivity contribution in [3.05, 3.63) is 42.5 Å². The smallest absolute Gasteiger partial charge is 0.475 e. The second-order valence-corrected chi connectivity index (χ2v) is 7.33. The van der Waals surface area contributed by atoms with Crippen LogP contribution in [-0.4, -0.2) is 70.9 Å². The van der Waals surface area contributed by atoms with Gasteiger partial charge in [-0.25, -0.2) is 9.59 Å². The number of aromatic nitrogens is 2. The molecule has 2 atom stereocenters. The first-order valence-electron chi connectivity index (χ1n) is 9.74. The number of benzene rings is 1. The number of carbonyl (C=O) groups is 2. The number of hydrogen-bond donors (Lipinski definition) is 3. The van der Waals surface area contributed by atoms with E-state index in [1.165, 1.54) is 0 Å². The van der Waals surface area contributed by atoms with E-state index in [4.69, 9.17) is 19.8 Å². The number of halogens is 6. The van der Waals surface area contributed by atoms with Crippen LogP contribution in [0.3, 0.4) is 0 Å². The minimum Gasteiger partial charge on any atom is -0.475 e. The number of hydrogen-bond acceptors (Lipinski definition) is 6. The van der Waals surface area contributed by atoms with Crippen molar-refractivity contribution in [1.82, 2.24) is 15.5 Å². The van der Waals surface area contributed by atoms with Crippen LogP contribution in [0.1, 0.15) is 0 Å². The van der Waals surface area contributed by atoms with Crippen molar-refractivity contribution < 1.29 is 46.1 Å². The lowest BCUT2D eigenvalue weighted by Gasteiger charge is -2.17. The van der Waals surface area contributed by atoms with Crippen LogP contribution in [0.5, 0.6) is 0 Å². The van der Waals surface area contributed by atoms with Gasteiger partial charge in [0.15, 0.2) is 5.82 Å². The molecule has 4 rings (SSSR count). The van der Waals surface area contributed by atoms with Crippen molar-refractivity contribution in [2.24, 2.45) is 11.8 Å².